The van der Waals surface area contributed by atoms with Gasteiger partial charge >= 0.3 is 0 Å². The highest BCUT2D eigenvalue weighted by molar-refractivity contribution is 7.99. The Balaban J connectivity index is 1.34. The Morgan fingerprint density at radius 3 is 2.59 bits per heavy atom. The van der Waals surface area contributed by atoms with Gasteiger partial charge in [0.25, 0.3) is 0 Å². The standard InChI is InChI=1S/C22H26N8OS/c1-29-10-12-30(13-11-29)21-26-20(25-19-23-8-9-24-19)27-22(28-21)32-17-6-2-15(3-7-17)14-18(31)16-4-5-16/h2-3,6-9,16H,4-5,10-14H2,1H3,(H2,23,24,25,26,27,28). The first-order valence-corrected chi connectivity index (χ1v) is 11.7. The van der Waals surface area contributed by atoms with Crippen LogP contribution in [0.5, 0.6) is 0 Å². The predicted octanol–water partition coefficient (Wildman–Crippen LogP) is 2.76. The van der Waals surface area contributed by atoms with Crippen molar-refractivity contribution in [1.29, 1.82) is 0 Å². The van der Waals surface area contributed by atoms with E-state index in [4.69, 9.17) is 4.98 Å². The molecule has 0 radical (unpaired) electrons. The number of aromatic nitrogens is 5. The molecule has 10 heteroatoms. The molecule has 3 aromatic rings. The van der Waals surface area contributed by atoms with Crippen LogP contribution in [0, 0.1) is 5.92 Å². The van der Waals surface area contributed by atoms with Gasteiger partial charge in [-0.25, -0.2) is 4.98 Å². The van der Waals surface area contributed by atoms with Crippen molar-refractivity contribution < 1.29 is 4.79 Å². The molecule has 2 aliphatic rings. The highest BCUT2D eigenvalue weighted by Gasteiger charge is 2.29. The summed E-state index contributed by atoms with van der Waals surface area (Å²) >= 11 is 1.48. The smallest absolute Gasteiger partial charge is 0.235 e. The molecule has 1 saturated carbocycles. The van der Waals surface area contributed by atoms with E-state index in [0.29, 0.717) is 41.1 Å². The fourth-order valence-corrected chi connectivity index (χ4v) is 4.31. The third-order valence-electron chi connectivity index (χ3n) is 5.66. The number of nitrogens with zero attached hydrogens (tertiary/aromatic N) is 6. The van der Waals surface area contributed by atoms with Gasteiger partial charge in [-0.2, -0.15) is 15.0 Å². The van der Waals surface area contributed by atoms with E-state index in [2.05, 4.69) is 42.1 Å². The summed E-state index contributed by atoms with van der Waals surface area (Å²) in [7, 11) is 2.12. The van der Waals surface area contributed by atoms with Gasteiger partial charge in [-0.15, -0.1) is 0 Å². The molecule has 9 nitrogen and oxygen atoms in total. The number of anilines is 3. The van der Waals surface area contributed by atoms with Crippen molar-refractivity contribution in [3.63, 3.8) is 0 Å². The first-order chi connectivity index (χ1) is 15.6. The van der Waals surface area contributed by atoms with Crippen LogP contribution in [0.15, 0.2) is 46.7 Å². The maximum atomic E-state index is 12.1. The summed E-state index contributed by atoms with van der Waals surface area (Å²) < 4.78 is 0. The summed E-state index contributed by atoms with van der Waals surface area (Å²) in [5.74, 6) is 2.35. The van der Waals surface area contributed by atoms with Gasteiger partial charge in [-0.1, -0.05) is 12.1 Å². The normalized spacial score (nSPS) is 16.8. The number of Topliss-reactive ketones (excluding diaryl/α,β-unsaturated/α-hetero) is 1. The number of ketones is 1. The summed E-state index contributed by atoms with van der Waals surface area (Å²) in [5, 5.41) is 3.74. The third kappa shape index (κ3) is 5.25. The molecule has 2 N–H and O–H groups in total. The number of likely N-dealkylation sites (N-methyl/N-ethyl adjacent to an activating group) is 1. The van der Waals surface area contributed by atoms with Crippen molar-refractivity contribution in [3.05, 3.63) is 42.2 Å². The van der Waals surface area contributed by atoms with Crippen LogP contribution >= 0.6 is 11.8 Å². The van der Waals surface area contributed by atoms with Crippen LogP contribution in [0.25, 0.3) is 0 Å². The lowest BCUT2D eigenvalue weighted by Crippen LogP contribution is -2.45. The average molecular weight is 451 g/mol. The van der Waals surface area contributed by atoms with E-state index in [9.17, 15) is 4.79 Å². The number of rotatable bonds is 8. The molecular formula is C22H26N8OS. The molecule has 5 rings (SSSR count). The van der Waals surface area contributed by atoms with Gasteiger partial charge < -0.3 is 14.8 Å². The number of carbonyl (C=O) groups is 1. The Hall–Kier alpha value is -2.98. The van der Waals surface area contributed by atoms with Crippen LogP contribution in [0.2, 0.25) is 0 Å². The van der Waals surface area contributed by atoms with E-state index >= 15 is 0 Å². The number of hydrogen-bond donors (Lipinski definition) is 2. The van der Waals surface area contributed by atoms with Gasteiger partial charge in [0.15, 0.2) is 5.16 Å². The monoisotopic (exact) mass is 450 g/mol. The lowest BCUT2D eigenvalue weighted by molar-refractivity contribution is -0.119. The molecule has 0 spiro atoms. The lowest BCUT2D eigenvalue weighted by Gasteiger charge is -2.32. The van der Waals surface area contributed by atoms with E-state index in [1.54, 1.807) is 12.4 Å². The molecule has 0 atom stereocenters. The molecular weight excluding hydrogens is 424 g/mol. The number of H-pyrrole nitrogens is 1. The highest BCUT2D eigenvalue weighted by atomic mass is 32.2. The van der Waals surface area contributed by atoms with Crippen LogP contribution in [-0.2, 0) is 11.2 Å². The molecule has 1 saturated heterocycles. The number of piperazine rings is 1. The van der Waals surface area contributed by atoms with Gasteiger partial charge in [-0.05, 0) is 49.3 Å². The fourth-order valence-electron chi connectivity index (χ4n) is 3.57. The van der Waals surface area contributed by atoms with Gasteiger partial charge in [0.1, 0.15) is 5.78 Å². The van der Waals surface area contributed by atoms with Crippen LogP contribution in [0.4, 0.5) is 17.8 Å². The molecule has 1 aromatic carbocycles. The minimum atomic E-state index is 0.294. The number of hydrogen-bond acceptors (Lipinski definition) is 9. The van der Waals surface area contributed by atoms with Gasteiger partial charge in [0.2, 0.25) is 17.8 Å². The van der Waals surface area contributed by atoms with Crippen LogP contribution in [0.1, 0.15) is 18.4 Å². The minimum Gasteiger partial charge on any atom is -0.338 e. The average Bonchev–Trinajstić information content (AvgIpc) is 3.53. The summed E-state index contributed by atoms with van der Waals surface area (Å²) in [4.78, 5) is 38.8. The van der Waals surface area contributed by atoms with E-state index in [-0.39, 0.29) is 0 Å². The van der Waals surface area contributed by atoms with Crippen LogP contribution in [0.3, 0.4) is 0 Å². The fraction of sp³-hybridized carbons (Fsp3) is 0.409. The Bertz CT molecular complexity index is 1060. The van der Waals surface area contributed by atoms with Gasteiger partial charge in [0, 0.05) is 55.8 Å². The van der Waals surface area contributed by atoms with Crippen molar-refractivity contribution >= 4 is 35.4 Å². The Morgan fingerprint density at radius 2 is 1.91 bits per heavy atom. The quantitative estimate of drug-likeness (QED) is 0.536. The molecule has 0 unspecified atom stereocenters. The Morgan fingerprint density at radius 1 is 1.12 bits per heavy atom. The second kappa shape index (κ2) is 9.25. The molecule has 32 heavy (non-hydrogen) atoms. The molecule has 166 valence electrons. The van der Waals surface area contributed by atoms with E-state index in [0.717, 1.165) is 49.5 Å². The van der Waals surface area contributed by atoms with E-state index in [1.165, 1.54) is 11.8 Å². The Labute approximate surface area is 191 Å². The summed E-state index contributed by atoms with van der Waals surface area (Å²) in [6.45, 7) is 3.68. The maximum Gasteiger partial charge on any atom is 0.235 e. The lowest BCUT2D eigenvalue weighted by atomic mass is 10.1. The summed E-state index contributed by atoms with van der Waals surface area (Å²) in [6.07, 6.45) is 6.05. The Kier molecular flexibility index (Phi) is 6.04. The van der Waals surface area contributed by atoms with Crippen molar-refractivity contribution in [2.45, 2.75) is 29.3 Å². The van der Waals surface area contributed by atoms with Gasteiger partial charge in [-0.3, -0.25) is 10.1 Å². The maximum absolute atomic E-state index is 12.1. The van der Waals surface area contributed by atoms with Crippen molar-refractivity contribution in [3.8, 4) is 0 Å². The van der Waals surface area contributed by atoms with E-state index in [1.807, 2.05) is 24.3 Å². The molecule has 0 bridgehead atoms. The number of benzene rings is 1. The second-order valence-corrected chi connectivity index (χ2v) is 9.30. The summed E-state index contributed by atoms with van der Waals surface area (Å²) in [6, 6.07) is 8.10. The van der Waals surface area contributed by atoms with Crippen molar-refractivity contribution in [2.75, 3.05) is 43.4 Å². The van der Waals surface area contributed by atoms with Crippen molar-refractivity contribution in [1.82, 2.24) is 29.8 Å². The predicted molar refractivity (Wildman–Crippen MR) is 123 cm³/mol. The number of nitrogens with one attached hydrogen (secondary N) is 2. The van der Waals surface area contributed by atoms with Gasteiger partial charge in [0.05, 0.1) is 0 Å². The molecule has 2 aromatic heterocycles. The second-order valence-electron chi connectivity index (χ2n) is 8.26. The first kappa shape index (κ1) is 20.9. The summed E-state index contributed by atoms with van der Waals surface area (Å²) in [5.41, 5.74) is 1.06. The topological polar surface area (TPSA) is 103 Å². The minimum absolute atomic E-state index is 0.294. The van der Waals surface area contributed by atoms with Crippen molar-refractivity contribution in [2.24, 2.45) is 5.92 Å². The highest BCUT2D eigenvalue weighted by Crippen LogP contribution is 2.32. The zero-order chi connectivity index (χ0) is 21.9. The SMILES string of the molecule is CN1CCN(c2nc(Nc3ncc[nH]3)nc(Sc3ccc(CC(=O)C4CC4)cc3)n2)CC1. The molecule has 3 heterocycles. The zero-order valence-corrected chi connectivity index (χ0v) is 18.8. The molecule has 1 aliphatic carbocycles. The molecule has 2 fully saturated rings. The first-order valence-electron chi connectivity index (χ1n) is 10.9. The number of aromatic amines is 1. The molecule has 1 aliphatic heterocycles. The largest absolute Gasteiger partial charge is 0.338 e. The number of carbonyl (C=O) groups excluding carboxylic acids is 1. The van der Waals surface area contributed by atoms with Crippen LogP contribution < -0.4 is 10.2 Å². The van der Waals surface area contributed by atoms with Crippen LogP contribution in [-0.4, -0.2) is 68.8 Å². The third-order valence-corrected chi connectivity index (χ3v) is 6.53. The zero-order valence-electron chi connectivity index (χ0n) is 18.0. The molecule has 0 amide bonds. The van der Waals surface area contributed by atoms with E-state index < -0.39 is 0 Å². The number of imidazole rings is 1.